The van der Waals surface area contributed by atoms with Crippen molar-refractivity contribution in [2.75, 3.05) is 18.4 Å². The van der Waals surface area contributed by atoms with Crippen LogP contribution < -0.4 is 5.32 Å². The summed E-state index contributed by atoms with van der Waals surface area (Å²) in [6.45, 7) is 5.40. The van der Waals surface area contributed by atoms with Gasteiger partial charge in [0.2, 0.25) is 5.91 Å². The zero-order valence-electron chi connectivity index (χ0n) is 15.0. The maximum Gasteiger partial charge on any atom is 0.236 e. The lowest BCUT2D eigenvalue weighted by molar-refractivity contribution is -0.118. The van der Waals surface area contributed by atoms with Gasteiger partial charge in [-0.25, -0.2) is 9.37 Å². The normalized spacial score (nSPS) is 20.1. The van der Waals surface area contributed by atoms with Crippen molar-refractivity contribution in [2.24, 2.45) is 5.92 Å². The number of aromatic nitrogens is 1. The molecule has 138 valence electrons. The summed E-state index contributed by atoms with van der Waals surface area (Å²) in [4.78, 5) is 19.8. The Hall–Kier alpha value is -1.79. The van der Waals surface area contributed by atoms with Crippen LogP contribution in [0, 0.1) is 11.7 Å². The van der Waals surface area contributed by atoms with Crippen molar-refractivity contribution in [1.29, 1.82) is 0 Å². The topological polar surface area (TPSA) is 45.2 Å². The number of anilines is 1. The van der Waals surface area contributed by atoms with Crippen molar-refractivity contribution in [3.05, 3.63) is 46.7 Å². The van der Waals surface area contributed by atoms with E-state index in [9.17, 15) is 9.18 Å². The molecule has 0 spiro atoms. The van der Waals surface area contributed by atoms with E-state index in [2.05, 4.69) is 22.1 Å². The molecule has 1 amide bonds. The van der Waals surface area contributed by atoms with Crippen LogP contribution in [0.4, 0.5) is 9.52 Å². The number of likely N-dealkylation sites (tertiary alicyclic amines) is 1. The molecule has 0 atom stereocenters. The highest BCUT2D eigenvalue weighted by Crippen LogP contribution is 2.49. The number of hydrogen-bond donors (Lipinski definition) is 1. The molecule has 1 N–H and O–H groups in total. The van der Waals surface area contributed by atoms with E-state index in [1.54, 1.807) is 12.1 Å². The van der Waals surface area contributed by atoms with Crippen molar-refractivity contribution >= 4 is 22.4 Å². The number of thiazole rings is 1. The highest BCUT2D eigenvalue weighted by molar-refractivity contribution is 7.13. The molecule has 6 heteroatoms. The number of halogens is 1. The van der Waals surface area contributed by atoms with Gasteiger partial charge < -0.3 is 5.32 Å². The first-order valence-corrected chi connectivity index (χ1v) is 10.2. The minimum absolute atomic E-state index is 0.0307. The third-order valence-electron chi connectivity index (χ3n) is 5.62. The largest absolute Gasteiger partial charge is 0.301 e. The quantitative estimate of drug-likeness (QED) is 0.855. The van der Waals surface area contributed by atoms with E-state index in [1.807, 2.05) is 5.38 Å². The number of carbonyl (C=O) groups is 1. The predicted molar refractivity (Wildman–Crippen MR) is 102 cm³/mol. The summed E-state index contributed by atoms with van der Waals surface area (Å²) < 4.78 is 13.1. The first-order chi connectivity index (χ1) is 12.5. The molecule has 1 aromatic carbocycles. The molecule has 1 aliphatic heterocycles. The molecule has 2 aromatic rings. The van der Waals surface area contributed by atoms with Crippen LogP contribution in [0.15, 0.2) is 29.6 Å². The first kappa shape index (κ1) is 17.6. The van der Waals surface area contributed by atoms with Gasteiger partial charge in [-0.1, -0.05) is 19.1 Å². The number of amides is 1. The minimum atomic E-state index is -0.511. The first-order valence-electron chi connectivity index (χ1n) is 9.29. The Morgan fingerprint density at radius 1 is 1.31 bits per heavy atom. The molecule has 1 saturated carbocycles. The maximum absolute atomic E-state index is 13.1. The van der Waals surface area contributed by atoms with Crippen LogP contribution >= 0.6 is 11.3 Å². The predicted octanol–water partition coefficient (Wildman–Crippen LogP) is 4.18. The third kappa shape index (κ3) is 3.67. The lowest BCUT2D eigenvalue weighted by Crippen LogP contribution is -2.32. The molecular formula is C20H24FN3OS. The van der Waals surface area contributed by atoms with Crippen molar-refractivity contribution in [3.63, 3.8) is 0 Å². The van der Waals surface area contributed by atoms with Gasteiger partial charge in [0.25, 0.3) is 0 Å². The van der Waals surface area contributed by atoms with Gasteiger partial charge in [-0.2, -0.15) is 0 Å². The zero-order valence-corrected chi connectivity index (χ0v) is 15.8. The van der Waals surface area contributed by atoms with Gasteiger partial charge in [-0.05, 0) is 62.4 Å². The lowest BCUT2D eigenvalue weighted by atomic mass is 9.95. The van der Waals surface area contributed by atoms with Crippen LogP contribution in [-0.2, 0) is 16.8 Å². The number of rotatable bonds is 5. The van der Waals surface area contributed by atoms with Gasteiger partial charge in [-0.3, -0.25) is 9.69 Å². The lowest BCUT2D eigenvalue weighted by Gasteiger charge is -2.29. The number of nitrogens with one attached hydrogen (secondary N) is 1. The van der Waals surface area contributed by atoms with E-state index >= 15 is 0 Å². The average Bonchev–Trinajstić information content (AvgIpc) is 3.34. The third-order valence-corrected chi connectivity index (χ3v) is 6.42. The molecule has 1 aromatic heterocycles. The van der Waals surface area contributed by atoms with Crippen LogP contribution in [-0.4, -0.2) is 28.9 Å². The van der Waals surface area contributed by atoms with Crippen LogP contribution in [0.3, 0.4) is 0 Å². The Bertz CT molecular complexity index is 777. The van der Waals surface area contributed by atoms with Gasteiger partial charge in [0.15, 0.2) is 5.13 Å². The standard InChI is InChI=1S/C20H24FN3OS/c1-14-6-10-24(11-7-14)12-17-13-26-19(22-17)23-18(25)20(8-9-20)15-2-4-16(21)5-3-15/h2-5,13-14H,6-12H2,1H3,(H,22,23,25). The summed E-state index contributed by atoms with van der Waals surface area (Å²) in [7, 11) is 0. The molecule has 0 radical (unpaired) electrons. The summed E-state index contributed by atoms with van der Waals surface area (Å²) >= 11 is 1.48. The highest BCUT2D eigenvalue weighted by atomic mass is 32.1. The van der Waals surface area contributed by atoms with E-state index in [-0.39, 0.29) is 11.7 Å². The number of hydrogen-bond acceptors (Lipinski definition) is 4. The molecule has 1 saturated heterocycles. The van der Waals surface area contributed by atoms with Crippen LogP contribution in [0.25, 0.3) is 0 Å². The summed E-state index contributed by atoms with van der Waals surface area (Å²) in [5.41, 5.74) is 1.39. The summed E-state index contributed by atoms with van der Waals surface area (Å²) in [5, 5.41) is 5.67. The van der Waals surface area contributed by atoms with Crippen molar-refractivity contribution in [1.82, 2.24) is 9.88 Å². The fourth-order valence-corrected chi connectivity index (χ4v) is 4.34. The van der Waals surface area contributed by atoms with E-state index in [4.69, 9.17) is 0 Å². The smallest absolute Gasteiger partial charge is 0.236 e. The number of piperidine rings is 1. The number of carbonyl (C=O) groups excluding carboxylic acids is 1. The number of benzene rings is 1. The second-order valence-corrected chi connectivity index (χ2v) is 8.50. The summed E-state index contributed by atoms with van der Waals surface area (Å²) in [6, 6.07) is 6.27. The van der Waals surface area contributed by atoms with E-state index < -0.39 is 5.41 Å². The Kier molecular flexibility index (Phi) is 4.80. The molecule has 2 aliphatic rings. The van der Waals surface area contributed by atoms with Gasteiger partial charge >= 0.3 is 0 Å². The molecule has 0 bridgehead atoms. The van der Waals surface area contributed by atoms with Crippen molar-refractivity contribution in [2.45, 2.75) is 44.6 Å². The van der Waals surface area contributed by atoms with Crippen molar-refractivity contribution < 1.29 is 9.18 Å². The minimum Gasteiger partial charge on any atom is -0.301 e. The number of nitrogens with zero attached hydrogens (tertiary/aromatic N) is 2. The summed E-state index contributed by atoms with van der Waals surface area (Å²) in [6.07, 6.45) is 4.09. The molecule has 4 nitrogen and oxygen atoms in total. The van der Waals surface area contributed by atoms with Gasteiger partial charge in [0, 0.05) is 11.9 Å². The monoisotopic (exact) mass is 373 g/mol. The SMILES string of the molecule is CC1CCN(Cc2csc(NC(=O)C3(c4ccc(F)cc4)CC3)n2)CC1. The van der Waals surface area contributed by atoms with Crippen LogP contribution in [0.5, 0.6) is 0 Å². The maximum atomic E-state index is 13.1. The fraction of sp³-hybridized carbons (Fsp3) is 0.500. The fourth-order valence-electron chi connectivity index (χ4n) is 3.64. The van der Waals surface area contributed by atoms with Crippen LogP contribution in [0.2, 0.25) is 0 Å². The Morgan fingerprint density at radius 2 is 2.00 bits per heavy atom. The molecule has 1 aliphatic carbocycles. The Morgan fingerprint density at radius 3 is 2.65 bits per heavy atom. The van der Waals surface area contributed by atoms with Crippen molar-refractivity contribution in [3.8, 4) is 0 Å². The molecule has 26 heavy (non-hydrogen) atoms. The second kappa shape index (κ2) is 7.08. The average molecular weight is 373 g/mol. The van der Waals surface area contributed by atoms with Gasteiger partial charge in [-0.15, -0.1) is 11.3 Å². The molecule has 2 heterocycles. The molecular weight excluding hydrogens is 349 g/mol. The second-order valence-electron chi connectivity index (χ2n) is 7.65. The van der Waals surface area contributed by atoms with E-state index in [1.165, 1.54) is 36.3 Å². The molecule has 2 fully saturated rings. The van der Waals surface area contributed by atoms with Gasteiger partial charge in [0.05, 0.1) is 11.1 Å². The highest BCUT2D eigenvalue weighted by Gasteiger charge is 2.51. The molecule has 4 rings (SSSR count). The summed E-state index contributed by atoms with van der Waals surface area (Å²) in [5.74, 6) is 0.510. The Balaban J connectivity index is 1.38. The van der Waals surface area contributed by atoms with Gasteiger partial charge in [0.1, 0.15) is 5.82 Å². The van der Waals surface area contributed by atoms with Crippen LogP contribution in [0.1, 0.15) is 43.9 Å². The van der Waals surface area contributed by atoms with E-state index in [0.717, 1.165) is 49.7 Å². The molecule has 0 unspecified atom stereocenters. The zero-order chi connectivity index (χ0) is 18.1. The Labute approximate surface area is 157 Å². The van der Waals surface area contributed by atoms with E-state index in [0.29, 0.717) is 5.13 Å².